The van der Waals surface area contributed by atoms with E-state index in [0.29, 0.717) is 0 Å². The number of nitrogens with zero attached hydrogens (tertiary/aromatic N) is 1. The smallest absolute Gasteiger partial charge is 0.0613 e. The third kappa shape index (κ3) is 3.88. The lowest BCUT2D eigenvalue weighted by molar-refractivity contribution is 1.09. The van der Waals surface area contributed by atoms with Crippen LogP contribution in [-0.4, -0.2) is 4.57 Å². The van der Waals surface area contributed by atoms with E-state index in [4.69, 9.17) is 0 Å². The molecule has 1 nitrogen and oxygen atoms in total. The minimum atomic E-state index is 0.894. The molecule has 0 N–H and O–H groups in total. The lowest BCUT2D eigenvalue weighted by Gasteiger charge is -2.14. The lowest BCUT2D eigenvalue weighted by atomic mass is 10.00. The van der Waals surface area contributed by atoms with Gasteiger partial charge in [0.1, 0.15) is 0 Å². The standard InChI is InChI=1S/C26H24BrN/c1-5-7-8-12-19(3)20(4)26-24(11-6-2)23-13-9-10-14-25(23)28(26)22-17-15-21(27)16-18-22/h5-18H,3-4H2,1-2H3/b7-5-,11-6-,12-8-. The van der Waals surface area contributed by atoms with Crippen LogP contribution in [0.25, 0.3) is 28.2 Å². The van der Waals surface area contributed by atoms with Gasteiger partial charge in [0.2, 0.25) is 0 Å². The van der Waals surface area contributed by atoms with Gasteiger partial charge in [-0.1, -0.05) is 83.7 Å². The van der Waals surface area contributed by atoms with Crippen molar-refractivity contribution >= 4 is 38.5 Å². The molecule has 28 heavy (non-hydrogen) atoms. The zero-order valence-corrected chi connectivity index (χ0v) is 17.9. The van der Waals surface area contributed by atoms with Gasteiger partial charge in [-0.25, -0.2) is 0 Å². The van der Waals surface area contributed by atoms with Gasteiger partial charge in [0.25, 0.3) is 0 Å². The summed E-state index contributed by atoms with van der Waals surface area (Å²) in [5, 5.41) is 1.20. The van der Waals surface area contributed by atoms with E-state index >= 15 is 0 Å². The first kappa shape index (κ1) is 19.9. The molecule has 0 saturated carbocycles. The molecule has 0 unspecified atom stereocenters. The lowest BCUT2D eigenvalue weighted by Crippen LogP contribution is -2.01. The summed E-state index contributed by atoms with van der Waals surface area (Å²) in [7, 11) is 0. The summed E-state index contributed by atoms with van der Waals surface area (Å²) in [5.41, 5.74) is 6.28. The molecule has 0 bridgehead atoms. The van der Waals surface area contributed by atoms with Crippen LogP contribution in [-0.2, 0) is 0 Å². The summed E-state index contributed by atoms with van der Waals surface area (Å²) < 4.78 is 3.33. The molecule has 0 aliphatic heterocycles. The Bertz CT molecular complexity index is 1110. The highest BCUT2D eigenvalue weighted by Crippen LogP contribution is 2.37. The minimum absolute atomic E-state index is 0.894. The quantitative estimate of drug-likeness (QED) is 0.348. The molecule has 1 aromatic heterocycles. The predicted molar refractivity (Wildman–Crippen MR) is 128 cm³/mol. The number of aromatic nitrogens is 1. The fraction of sp³-hybridized carbons (Fsp3) is 0.0769. The number of hydrogen-bond acceptors (Lipinski definition) is 0. The van der Waals surface area contributed by atoms with E-state index in [9.17, 15) is 0 Å². The monoisotopic (exact) mass is 429 g/mol. The second-order valence-corrected chi connectivity index (χ2v) is 7.40. The van der Waals surface area contributed by atoms with Gasteiger partial charge in [-0.3, -0.25) is 0 Å². The third-order valence-electron chi connectivity index (χ3n) is 4.61. The van der Waals surface area contributed by atoms with Crippen molar-refractivity contribution in [2.24, 2.45) is 0 Å². The van der Waals surface area contributed by atoms with E-state index in [1.165, 1.54) is 5.39 Å². The van der Waals surface area contributed by atoms with Crippen LogP contribution in [0, 0.1) is 0 Å². The topological polar surface area (TPSA) is 4.93 Å². The molecular weight excluding hydrogens is 406 g/mol. The van der Waals surface area contributed by atoms with Crippen LogP contribution in [0.2, 0.25) is 0 Å². The van der Waals surface area contributed by atoms with Gasteiger partial charge in [0.15, 0.2) is 0 Å². The maximum Gasteiger partial charge on any atom is 0.0613 e. The average molecular weight is 430 g/mol. The molecule has 0 spiro atoms. The molecule has 0 fully saturated rings. The van der Waals surface area contributed by atoms with Crippen LogP contribution in [0.4, 0.5) is 0 Å². The Morgan fingerprint density at radius 3 is 2.32 bits per heavy atom. The third-order valence-corrected chi connectivity index (χ3v) is 5.14. The van der Waals surface area contributed by atoms with E-state index in [1.807, 2.05) is 38.2 Å². The van der Waals surface area contributed by atoms with Crippen LogP contribution in [0.3, 0.4) is 0 Å². The molecular formula is C26H24BrN. The van der Waals surface area contributed by atoms with E-state index in [0.717, 1.165) is 38.1 Å². The molecule has 2 heteroatoms. The van der Waals surface area contributed by atoms with Crippen LogP contribution < -0.4 is 0 Å². The highest BCUT2D eigenvalue weighted by Gasteiger charge is 2.19. The molecule has 1 heterocycles. The Morgan fingerprint density at radius 1 is 0.929 bits per heavy atom. The van der Waals surface area contributed by atoms with E-state index < -0.39 is 0 Å². The van der Waals surface area contributed by atoms with Gasteiger partial charge in [0.05, 0.1) is 11.2 Å². The molecule has 3 rings (SSSR count). The fourth-order valence-corrected chi connectivity index (χ4v) is 3.56. The van der Waals surface area contributed by atoms with Crippen molar-refractivity contribution in [1.29, 1.82) is 0 Å². The van der Waals surface area contributed by atoms with Gasteiger partial charge in [0, 0.05) is 21.1 Å². The first-order chi connectivity index (χ1) is 13.6. The Kier molecular flexibility index (Phi) is 6.33. The van der Waals surface area contributed by atoms with Crippen LogP contribution in [0.1, 0.15) is 25.1 Å². The van der Waals surface area contributed by atoms with Gasteiger partial charge < -0.3 is 4.57 Å². The minimum Gasteiger partial charge on any atom is -0.309 e. The molecule has 0 aliphatic rings. The number of rotatable bonds is 6. The number of halogens is 1. The van der Waals surface area contributed by atoms with E-state index in [2.05, 4.69) is 94.3 Å². The Hall–Kier alpha value is -2.84. The molecule has 140 valence electrons. The van der Waals surface area contributed by atoms with Crippen molar-refractivity contribution in [2.75, 3.05) is 0 Å². The van der Waals surface area contributed by atoms with E-state index in [1.54, 1.807) is 0 Å². The maximum atomic E-state index is 4.41. The summed E-state index contributed by atoms with van der Waals surface area (Å²) in [6, 6.07) is 16.8. The van der Waals surface area contributed by atoms with Crippen LogP contribution >= 0.6 is 15.9 Å². The number of para-hydroxylation sites is 1. The van der Waals surface area contributed by atoms with Gasteiger partial charge in [-0.05, 0) is 55.3 Å². The Morgan fingerprint density at radius 2 is 1.64 bits per heavy atom. The average Bonchev–Trinajstić information content (AvgIpc) is 3.03. The molecule has 3 aromatic rings. The normalized spacial score (nSPS) is 12.0. The summed E-state index contributed by atoms with van der Waals surface area (Å²) in [6.45, 7) is 12.7. The van der Waals surface area contributed by atoms with Crippen molar-refractivity contribution in [3.05, 3.63) is 113 Å². The highest BCUT2D eigenvalue weighted by atomic mass is 79.9. The first-order valence-corrected chi connectivity index (χ1v) is 10.1. The number of allylic oxidation sites excluding steroid dienone is 7. The SMILES string of the molecule is C=C(/C=C\C=C/C)C(=C)c1c(/C=C\C)c2ccccc2n1-c1ccc(Br)cc1. The number of fused-ring (bicyclic) bond motifs is 1. The van der Waals surface area contributed by atoms with E-state index in [-0.39, 0.29) is 0 Å². The van der Waals surface area contributed by atoms with Gasteiger partial charge >= 0.3 is 0 Å². The second-order valence-electron chi connectivity index (χ2n) is 6.48. The Balaban J connectivity index is 2.31. The molecule has 2 aromatic carbocycles. The zero-order valence-electron chi connectivity index (χ0n) is 16.3. The van der Waals surface area contributed by atoms with Crippen molar-refractivity contribution in [3.8, 4) is 5.69 Å². The van der Waals surface area contributed by atoms with Gasteiger partial charge in [-0.2, -0.15) is 0 Å². The molecule has 0 atom stereocenters. The molecule has 0 radical (unpaired) electrons. The first-order valence-electron chi connectivity index (χ1n) is 9.28. The van der Waals surface area contributed by atoms with Crippen LogP contribution in [0.15, 0.2) is 102 Å². The summed E-state index contributed by atoms with van der Waals surface area (Å²) >= 11 is 3.54. The second kappa shape index (κ2) is 8.90. The summed E-state index contributed by atoms with van der Waals surface area (Å²) in [6.07, 6.45) is 12.2. The van der Waals surface area contributed by atoms with Crippen molar-refractivity contribution < 1.29 is 0 Å². The molecule has 0 aliphatic carbocycles. The zero-order chi connectivity index (χ0) is 20.1. The fourth-order valence-electron chi connectivity index (χ4n) is 3.29. The summed E-state index contributed by atoms with van der Waals surface area (Å²) in [5.74, 6) is 0. The van der Waals surface area contributed by atoms with Crippen molar-refractivity contribution in [3.63, 3.8) is 0 Å². The molecule has 0 saturated heterocycles. The largest absolute Gasteiger partial charge is 0.309 e. The predicted octanol–water partition coefficient (Wildman–Crippen LogP) is 8.13. The number of hydrogen-bond donors (Lipinski definition) is 0. The van der Waals surface area contributed by atoms with Crippen molar-refractivity contribution in [2.45, 2.75) is 13.8 Å². The van der Waals surface area contributed by atoms with Gasteiger partial charge in [-0.15, -0.1) is 0 Å². The molecule has 0 amide bonds. The maximum absolute atomic E-state index is 4.41. The Labute approximate surface area is 175 Å². The highest BCUT2D eigenvalue weighted by molar-refractivity contribution is 9.10. The summed E-state index contributed by atoms with van der Waals surface area (Å²) in [4.78, 5) is 0. The van der Waals surface area contributed by atoms with Crippen LogP contribution in [0.5, 0.6) is 0 Å². The van der Waals surface area contributed by atoms with Crippen molar-refractivity contribution in [1.82, 2.24) is 4.57 Å². The number of benzene rings is 2.